The molecule has 5 heteroatoms. The molecular weight excluding hydrogens is 844 g/mol. The minimum atomic E-state index is -0.266. The van der Waals surface area contributed by atoms with Gasteiger partial charge in [-0.3, -0.25) is 0 Å². The van der Waals surface area contributed by atoms with Crippen LogP contribution in [0, 0.1) is 0 Å². The molecule has 0 saturated carbocycles. The highest BCUT2D eigenvalue weighted by molar-refractivity contribution is 7.26. The van der Waals surface area contributed by atoms with Gasteiger partial charge in [0.25, 0.3) is 0 Å². The molecule has 2 aliphatic heterocycles. The summed E-state index contributed by atoms with van der Waals surface area (Å²) in [5.74, 6) is 0. The Hall–Kier alpha value is -6.56. The SMILES string of the molecule is CC(C)(C)c1ccc(N2B3c4cc5sc6ccccc6c5cc4-n4c5cc6c(cc5c5c7c(c(c3c54)-c3cc4oc5ccccc5c4cc32)-c2ccccc2C7(C)C)C(C)(C)CCC6(C)C)cc1. The number of rotatable bonds is 1. The number of para-hydroxylation sites is 1. The summed E-state index contributed by atoms with van der Waals surface area (Å²) >= 11 is 1.93. The first-order valence-corrected chi connectivity index (χ1v) is 25.6. The molecular formula is C63H53BN2OS. The Morgan fingerprint density at radius 2 is 1.26 bits per heavy atom. The third kappa shape index (κ3) is 4.81. The van der Waals surface area contributed by atoms with Crippen LogP contribution >= 0.6 is 11.3 Å². The van der Waals surface area contributed by atoms with Crippen LogP contribution in [0.2, 0.25) is 0 Å². The third-order valence-electron chi connectivity index (χ3n) is 17.3. The summed E-state index contributed by atoms with van der Waals surface area (Å²) in [6.45, 7) is 21.7. The Bertz CT molecular complexity index is 4110. The van der Waals surface area contributed by atoms with Crippen molar-refractivity contribution < 1.29 is 4.42 Å². The second kappa shape index (κ2) is 12.6. The maximum Gasteiger partial charge on any atom is 0.333 e. The van der Waals surface area contributed by atoms with Gasteiger partial charge in [-0.2, -0.15) is 0 Å². The first kappa shape index (κ1) is 39.4. The van der Waals surface area contributed by atoms with Gasteiger partial charge in [0, 0.05) is 69.8 Å². The van der Waals surface area contributed by atoms with E-state index in [1.807, 2.05) is 11.3 Å². The van der Waals surface area contributed by atoms with Gasteiger partial charge in [-0.05, 0) is 145 Å². The molecule has 0 saturated heterocycles. The molecule has 2 aliphatic carbocycles. The second-order valence-electron chi connectivity index (χ2n) is 23.5. The summed E-state index contributed by atoms with van der Waals surface area (Å²) in [6, 6.07) is 51.8. The van der Waals surface area contributed by atoms with E-state index in [4.69, 9.17) is 4.42 Å². The lowest BCUT2D eigenvalue weighted by molar-refractivity contribution is 0.332. The first-order valence-electron chi connectivity index (χ1n) is 24.7. The fraction of sp³-hybridized carbons (Fsp3) is 0.238. The number of anilines is 2. The molecule has 15 rings (SSSR count). The number of nitrogens with zero attached hydrogens (tertiary/aromatic N) is 2. The molecule has 0 atom stereocenters. The standard InChI is InChI=1S/C63H53BN2OS/c1-60(2,3)34-22-24-35(25-23-34)66-48-29-39-36-16-11-14-20-50(36)67-51(39)31-42(48)55-54-38-18-10-13-19-43(38)63(8,9)57(54)56-41-28-44-45(62(6,7)27-26-61(44,4)5)32-47(41)65-49-30-40-37-17-12-15-21-52(37)68-53(40)33-46(49)64(66)58(55)59(56)65/h10-25,28-33H,26-27H2,1-9H3. The van der Waals surface area contributed by atoms with E-state index >= 15 is 0 Å². The van der Waals surface area contributed by atoms with Crippen molar-refractivity contribution in [2.45, 2.75) is 96.8 Å². The molecule has 0 fully saturated rings. The molecule has 5 heterocycles. The predicted octanol–water partition coefficient (Wildman–Crippen LogP) is 16.2. The molecule has 68 heavy (non-hydrogen) atoms. The zero-order chi connectivity index (χ0) is 46.1. The summed E-state index contributed by atoms with van der Waals surface area (Å²) in [6.07, 6.45) is 2.34. The van der Waals surface area contributed by atoms with E-state index in [9.17, 15) is 0 Å². The summed E-state index contributed by atoms with van der Waals surface area (Å²) in [5, 5.41) is 7.76. The molecule has 0 amide bonds. The molecule has 0 unspecified atom stereocenters. The maximum absolute atomic E-state index is 6.86. The van der Waals surface area contributed by atoms with Crippen LogP contribution in [0.5, 0.6) is 0 Å². The molecule has 0 radical (unpaired) electrons. The summed E-state index contributed by atoms with van der Waals surface area (Å²) in [4.78, 5) is 2.72. The largest absolute Gasteiger partial charge is 0.456 e. The van der Waals surface area contributed by atoms with Crippen LogP contribution < -0.4 is 15.7 Å². The normalized spacial score (nSPS) is 17.1. The molecule has 4 aliphatic rings. The number of hydrogen-bond donors (Lipinski definition) is 0. The monoisotopic (exact) mass is 896 g/mol. The highest BCUT2D eigenvalue weighted by atomic mass is 32.1. The molecule has 330 valence electrons. The van der Waals surface area contributed by atoms with Crippen molar-refractivity contribution in [3.63, 3.8) is 0 Å². The number of aromatic nitrogens is 1. The van der Waals surface area contributed by atoms with Crippen LogP contribution in [-0.4, -0.2) is 11.4 Å². The number of hydrogen-bond acceptors (Lipinski definition) is 3. The van der Waals surface area contributed by atoms with Gasteiger partial charge in [-0.1, -0.05) is 135 Å². The number of fused-ring (bicyclic) bond motifs is 20. The fourth-order valence-corrected chi connectivity index (χ4v) is 14.9. The van der Waals surface area contributed by atoms with Crippen molar-refractivity contribution in [3.8, 4) is 27.9 Å². The molecule has 3 nitrogen and oxygen atoms in total. The summed E-state index contributed by atoms with van der Waals surface area (Å²) in [5.41, 5.74) is 23.4. The van der Waals surface area contributed by atoms with E-state index in [0.29, 0.717) is 0 Å². The van der Waals surface area contributed by atoms with E-state index in [2.05, 4.69) is 205 Å². The lowest BCUT2D eigenvalue weighted by atomic mass is 9.43. The van der Waals surface area contributed by atoms with E-state index < -0.39 is 0 Å². The van der Waals surface area contributed by atoms with Gasteiger partial charge >= 0.3 is 6.85 Å². The fourth-order valence-electron chi connectivity index (χ4n) is 13.8. The Labute approximate surface area is 402 Å². The second-order valence-corrected chi connectivity index (χ2v) is 24.6. The van der Waals surface area contributed by atoms with E-state index in [1.54, 1.807) is 0 Å². The van der Waals surface area contributed by atoms with Gasteiger partial charge in [-0.25, -0.2) is 0 Å². The third-order valence-corrected chi connectivity index (χ3v) is 18.5. The van der Waals surface area contributed by atoms with Gasteiger partial charge in [0.2, 0.25) is 0 Å². The van der Waals surface area contributed by atoms with Crippen molar-refractivity contribution in [2.24, 2.45) is 0 Å². The van der Waals surface area contributed by atoms with Crippen LogP contribution in [-0.2, 0) is 21.7 Å². The van der Waals surface area contributed by atoms with Gasteiger partial charge < -0.3 is 13.8 Å². The van der Waals surface area contributed by atoms with Gasteiger partial charge in [0.15, 0.2) is 0 Å². The minimum absolute atomic E-state index is 0.0210. The average Bonchev–Trinajstić information content (AvgIpc) is 4.04. The van der Waals surface area contributed by atoms with Gasteiger partial charge in [0.05, 0.1) is 11.0 Å². The Kier molecular flexibility index (Phi) is 7.28. The van der Waals surface area contributed by atoms with Crippen molar-refractivity contribution >= 4 is 104 Å². The molecule has 0 bridgehead atoms. The van der Waals surface area contributed by atoms with Crippen LogP contribution in [0.4, 0.5) is 11.4 Å². The highest BCUT2D eigenvalue weighted by Gasteiger charge is 2.51. The molecule has 0 N–H and O–H groups in total. The molecule has 0 spiro atoms. The Balaban J connectivity index is 1.21. The first-order chi connectivity index (χ1) is 32.6. The average molecular weight is 897 g/mol. The zero-order valence-corrected chi connectivity index (χ0v) is 41.2. The predicted molar refractivity (Wildman–Crippen MR) is 292 cm³/mol. The number of benzene rings is 8. The molecule has 11 aromatic rings. The van der Waals surface area contributed by atoms with Crippen molar-refractivity contribution in [3.05, 3.63) is 161 Å². The Morgan fingerprint density at radius 3 is 2.04 bits per heavy atom. The van der Waals surface area contributed by atoms with E-state index in [0.717, 1.165) is 21.9 Å². The van der Waals surface area contributed by atoms with E-state index in [-0.39, 0.29) is 28.5 Å². The lowest BCUT2D eigenvalue weighted by Crippen LogP contribution is -2.60. The lowest BCUT2D eigenvalue weighted by Gasteiger charge is -2.43. The van der Waals surface area contributed by atoms with Crippen LogP contribution in [0.3, 0.4) is 0 Å². The minimum Gasteiger partial charge on any atom is -0.456 e. The van der Waals surface area contributed by atoms with Crippen LogP contribution in [0.15, 0.2) is 138 Å². The van der Waals surface area contributed by atoms with Gasteiger partial charge in [-0.15, -0.1) is 11.3 Å². The maximum atomic E-state index is 6.86. The van der Waals surface area contributed by atoms with Crippen molar-refractivity contribution in [1.29, 1.82) is 0 Å². The van der Waals surface area contributed by atoms with Crippen LogP contribution in [0.1, 0.15) is 103 Å². The van der Waals surface area contributed by atoms with Gasteiger partial charge in [0.1, 0.15) is 11.2 Å². The van der Waals surface area contributed by atoms with Crippen LogP contribution in [0.25, 0.3) is 91.9 Å². The highest BCUT2D eigenvalue weighted by Crippen LogP contribution is 2.60. The number of furan rings is 1. The number of thiophene rings is 1. The van der Waals surface area contributed by atoms with E-state index in [1.165, 1.54) is 133 Å². The Morgan fingerprint density at radius 1 is 0.574 bits per heavy atom. The topological polar surface area (TPSA) is 21.3 Å². The van der Waals surface area contributed by atoms with Crippen molar-refractivity contribution in [2.75, 3.05) is 4.81 Å². The summed E-state index contributed by atoms with van der Waals surface area (Å²) in [7, 11) is 0. The molecule has 3 aromatic heterocycles. The molecule has 8 aromatic carbocycles. The quantitative estimate of drug-likeness (QED) is 0.153. The smallest absolute Gasteiger partial charge is 0.333 e. The zero-order valence-electron chi connectivity index (χ0n) is 40.4. The summed E-state index contributed by atoms with van der Waals surface area (Å²) < 4.78 is 12.3. The van der Waals surface area contributed by atoms with Crippen molar-refractivity contribution in [1.82, 2.24) is 4.57 Å².